The molecular formula is C18H20N2O4S. The fraction of sp³-hybridized carbons (Fsp3) is 0.278. The number of rotatable bonds is 8. The van der Waals surface area contributed by atoms with Gasteiger partial charge in [-0.25, -0.2) is 13.1 Å². The molecule has 0 saturated heterocycles. The van der Waals surface area contributed by atoms with Crippen LogP contribution in [0.2, 0.25) is 0 Å². The summed E-state index contributed by atoms with van der Waals surface area (Å²) in [6.07, 6.45) is 1.32. The molecule has 0 aromatic heterocycles. The number of para-hydroxylation sites is 1. The van der Waals surface area contributed by atoms with Crippen molar-refractivity contribution >= 4 is 10.0 Å². The van der Waals surface area contributed by atoms with Crippen LogP contribution < -0.4 is 14.2 Å². The summed E-state index contributed by atoms with van der Waals surface area (Å²) >= 11 is 0. The number of methoxy groups -OCH3 is 2. The minimum absolute atomic E-state index is 0.0436. The van der Waals surface area contributed by atoms with Gasteiger partial charge in [-0.15, -0.1) is 0 Å². The van der Waals surface area contributed by atoms with Crippen LogP contribution in [0.25, 0.3) is 0 Å². The Morgan fingerprint density at radius 2 is 1.80 bits per heavy atom. The van der Waals surface area contributed by atoms with Gasteiger partial charge in [0, 0.05) is 6.54 Å². The van der Waals surface area contributed by atoms with Gasteiger partial charge in [-0.1, -0.05) is 18.2 Å². The molecule has 2 rings (SSSR count). The number of nitriles is 1. The molecule has 0 radical (unpaired) electrons. The Balaban J connectivity index is 1.99. The zero-order valence-electron chi connectivity index (χ0n) is 14.2. The number of nitrogens with one attached hydrogen (secondary N) is 1. The molecule has 0 spiro atoms. The molecule has 0 bridgehead atoms. The summed E-state index contributed by atoms with van der Waals surface area (Å²) in [5, 5.41) is 9.07. The predicted molar refractivity (Wildman–Crippen MR) is 94.2 cm³/mol. The monoisotopic (exact) mass is 360 g/mol. The van der Waals surface area contributed by atoms with Crippen molar-refractivity contribution in [3.63, 3.8) is 0 Å². The fourth-order valence-electron chi connectivity index (χ4n) is 2.42. The van der Waals surface area contributed by atoms with Crippen molar-refractivity contribution in [1.82, 2.24) is 4.72 Å². The van der Waals surface area contributed by atoms with E-state index in [1.165, 1.54) is 25.3 Å². The normalized spacial score (nSPS) is 10.9. The first-order chi connectivity index (χ1) is 12.0. The van der Waals surface area contributed by atoms with Gasteiger partial charge in [0.2, 0.25) is 10.0 Å². The first-order valence-corrected chi connectivity index (χ1v) is 9.20. The van der Waals surface area contributed by atoms with E-state index in [2.05, 4.69) is 4.72 Å². The lowest BCUT2D eigenvalue weighted by atomic mass is 10.1. The van der Waals surface area contributed by atoms with Gasteiger partial charge < -0.3 is 9.47 Å². The standard InChI is InChI=1S/C18H20N2O4S/c1-23-17-8-4-3-6-14(17)7-5-11-20-25(21,22)16-9-10-18(24-2)15(12-16)13-19/h3-4,6,8-10,12,20H,5,7,11H2,1-2H3. The average molecular weight is 360 g/mol. The molecule has 6 nitrogen and oxygen atoms in total. The van der Waals surface area contributed by atoms with Crippen molar-refractivity contribution in [2.24, 2.45) is 0 Å². The Morgan fingerprint density at radius 3 is 2.48 bits per heavy atom. The van der Waals surface area contributed by atoms with Crippen LogP contribution in [0.15, 0.2) is 47.4 Å². The van der Waals surface area contributed by atoms with Crippen molar-refractivity contribution in [3.05, 3.63) is 53.6 Å². The van der Waals surface area contributed by atoms with Gasteiger partial charge in [0.05, 0.1) is 24.7 Å². The summed E-state index contributed by atoms with van der Waals surface area (Å²) in [6, 6.07) is 13.8. The van der Waals surface area contributed by atoms with Gasteiger partial charge in [0.15, 0.2) is 0 Å². The zero-order chi connectivity index (χ0) is 18.3. The molecule has 0 heterocycles. The van der Waals surface area contributed by atoms with E-state index in [0.717, 1.165) is 11.3 Å². The zero-order valence-corrected chi connectivity index (χ0v) is 15.0. The van der Waals surface area contributed by atoms with Crippen LogP contribution in [-0.2, 0) is 16.4 Å². The summed E-state index contributed by atoms with van der Waals surface area (Å²) in [6.45, 7) is 0.286. The molecular weight excluding hydrogens is 340 g/mol. The maximum absolute atomic E-state index is 12.3. The van der Waals surface area contributed by atoms with Crippen LogP contribution >= 0.6 is 0 Å². The molecule has 0 saturated carbocycles. The van der Waals surface area contributed by atoms with Crippen molar-refractivity contribution in [3.8, 4) is 17.6 Å². The third-order valence-electron chi connectivity index (χ3n) is 3.71. The van der Waals surface area contributed by atoms with Crippen molar-refractivity contribution < 1.29 is 17.9 Å². The lowest BCUT2D eigenvalue weighted by molar-refractivity contribution is 0.409. The lowest BCUT2D eigenvalue weighted by Crippen LogP contribution is -2.25. The van der Waals surface area contributed by atoms with Gasteiger partial charge in [-0.3, -0.25) is 0 Å². The van der Waals surface area contributed by atoms with Gasteiger partial charge >= 0.3 is 0 Å². The molecule has 2 aromatic rings. The van der Waals surface area contributed by atoms with E-state index in [0.29, 0.717) is 18.6 Å². The van der Waals surface area contributed by atoms with Crippen LogP contribution in [0.1, 0.15) is 17.5 Å². The van der Waals surface area contributed by atoms with Crippen molar-refractivity contribution in [1.29, 1.82) is 5.26 Å². The lowest BCUT2D eigenvalue weighted by Gasteiger charge is -2.10. The van der Waals surface area contributed by atoms with Crippen LogP contribution in [0.3, 0.4) is 0 Å². The predicted octanol–water partition coefficient (Wildman–Crippen LogP) is 2.49. The molecule has 0 aliphatic rings. The minimum atomic E-state index is -3.68. The largest absolute Gasteiger partial charge is 0.496 e. The Bertz CT molecular complexity index is 873. The Morgan fingerprint density at radius 1 is 1.08 bits per heavy atom. The van der Waals surface area contributed by atoms with Crippen molar-refractivity contribution in [2.75, 3.05) is 20.8 Å². The summed E-state index contributed by atoms with van der Waals surface area (Å²) in [5.41, 5.74) is 1.21. The van der Waals surface area contributed by atoms with E-state index in [9.17, 15) is 8.42 Å². The van der Waals surface area contributed by atoms with E-state index in [-0.39, 0.29) is 17.0 Å². The van der Waals surface area contributed by atoms with E-state index in [4.69, 9.17) is 14.7 Å². The summed E-state index contributed by atoms with van der Waals surface area (Å²) in [7, 11) is -0.636. The summed E-state index contributed by atoms with van der Waals surface area (Å²) < 4.78 is 37.6. The SMILES string of the molecule is COc1ccc(S(=O)(=O)NCCCc2ccccc2OC)cc1C#N. The third-order valence-corrected chi connectivity index (χ3v) is 5.17. The number of benzene rings is 2. The number of sulfonamides is 1. The molecule has 25 heavy (non-hydrogen) atoms. The van der Waals surface area contributed by atoms with Crippen LogP contribution in [0, 0.1) is 11.3 Å². The van der Waals surface area contributed by atoms with E-state index in [1.807, 2.05) is 30.3 Å². The molecule has 0 unspecified atom stereocenters. The minimum Gasteiger partial charge on any atom is -0.496 e. The second-order valence-corrected chi connectivity index (χ2v) is 7.05. The molecule has 0 amide bonds. The highest BCUT2D eigenvalue weighted by atomic mass is 32.2. The number of nitrogens with zero attached hydrogens (tertiary/aromatic N) is 1. The van der Waals surface area contributed by atoms with Gasteiger partial charge in [0.25, 0.3) is 0 Å². The topological polar surface area (TPSA) is 88.4 Å². The number of hydrogen-bond acceptors (Lipinski definition) is 5. The van der Waals surface area contributed by atoms with Gasteiger partial charge in [0.1, 0.15) is 17.6 Å². The number of ether oxygens (including phenoxy) is 2. The first kappa shape index (κ1) is 18.8. The molecule has 7 heteroatoms. The Labute approximate surface area is 148 Å². The second-order valence-electron chi connectivity index (χ2n) is 5.29. The van der Waals surface area contributed by atoms with Gasteiger partial charge in [-0.05, 0) is 42.7 Å². The molecule has 0 aliphatic heterocycles. The second kappa shape index (κ2) is 8.51. The van der Waals surface area contributed by atoms with Crippen LogP contribution in [0.5, 0.6) is 11.5 Å². The van der Waals surface area contributed by atoms with Gasteiger partial charge in [-0.2, -0.15) is 5.26 Å². The highest BCUT2D eigenvalue weighted by Gasteiger charge is 2.16. The van der Waals surface area contributed by atoms with E-state index >= 15 is 0 Å². The Hall–Kier alpha value is -2.56. The summed E-state index contributed by atoms with van der Waals surface area (Å²) in [4.78, 5) is 0.0436. The average Bonchev–Trinajstić information content (AvgIpc) is 2.64. The maximum Gasteiger partial charge on any atom is 0.240 e. The Kier molecular flexibility index (Phi) is 6.39. The quantitative estimate of drug-likeness (QED) is 0.731. The summed E-state index contributed by atoms with van der Waals surface area (Å²) in [5.74, 6) is 1.14. The highest BCUT2D eigenvalue weighted by Crippen LogP contribution is 2.22. The van der Waals surface area contributed by atoms with Crippen molar-refractivity contribution in [2.45, 2.75) is 17.7 Å². The van der Waals surface area contributed by atoms with Crippen LogP contribution in [-0.4, -0.2) is 29.2 Å². The number of hydrogen-bond donors (Lipinski definition) is 1. The van der Waals surface area contributed by atoms with Crippen LogP contribution in [0.4, 0.5) is 0 Å². The maximum atomic E-state index is 12.3. The first-order valence-electron chi connectivity index (χ1n) is 7.71. The molecule has 1 N–H and O–H groups in total. The molecule has 132 valence electrons. The fourth-order valence-corrected chi connectivity index (χ4v) is 3.52. The molecule has 2 aromatic carbocycles. The smallest absolute Gasteiger partial charge is 0.240 e. The molecule has 0 aliphatic carbocycles. The van der Waals surface area contributed by atoms with E-state index < -0.39 is 10.0 Å². The number of aryl methyl sites for hydroxylation is 1. The highest BCUT2D eigenvalue weighted by molar-refractivity contribution is 7.89. The molecule has 0 atom stereocenters. The molecule has 0 fully saturated rings. The third kappa shape index (κ3) is 4.72. The van der Waals surface area contributed by atoms with E-state index in [1.54, 1.807) is 7.11 Å².